The Morgan fingerprint density at radius 2 is 1.81 bits per heavy atom. The van der Waals surface area contributed by atoms with Crippen molar-refractivity contribution in [2.45, 2.75) is 26.3 Å². The van der Waals surface area contributed by atoms with Crippen molar-refractivity contribution in [3.8, 4) is 0 Å². The number of methoxy groups -OCH3 is 1. The number of anilines is 3. The van der Waals surface area contributed by atoms with E-state index in [2.05, 4.69) is 37.6 Å². The summed E-state index contributed by atoms with van der Waals surface area (Å²) in [5.74, 6) is 0.295. The Morgan fingerprint density at radius 1 is 1.15 bits per heavy atom. The van der Waals surface area contributed by atoms with Gasteiger partial charge in [0.15, 0.2) is 0 Å². The van der Waals surface area contributed by atoms with Gasteiger partial charge in [0.2, 0.25) is 0 Å². The van der Waals surface area contributed by atoms with E-state index in [9.17, 15) is 9.59 Å². The Morgan fingerprint density at radius 3 is 2.42 bits per heavy atom. The van der Waals surface area contributed by atoms with Gasteiger partial charge in [-0.15, -0.1) is 0 Å². The van der Waals surface area contributed by atoms with Gasteiger partial charge < -0.3 is 21.1 Å². The molecule has 0 saturated heterocycles. The second-order valence-electron chi connectivity index (χ2n) is 5.44. The average Bonchev–Trinajstić information content (AvgIpc) is 2.64. The second-order valence-corrected chi connectivity index (χ2v) is 5.44. The normalized spacial score (nSPS) is 10.1. The number of nitrogen functional groups attached to an aromatic ring is 1. The number of hydrogen-bond donors (Lipinski definition) is 4. The molecule has 2 rings (SSSR count). The molecule has 1 heterocycles. The summed E-state index contributed by atoms with van der Waals surface area (Å²) in [6.07, 6.45) is 2.84. The van der Waals surface area contributed by atoms with E-state index in [-0.39, 0.29) is 6.54 Å². The first-order valence-electron chi connectivity index (χ1n) is 8.12. The van der Waals surface area contributed by atoms with Crippen LogP contribution < -0.4 is 21.7 Å². The van der Waals surface area contributed by atoms with E-state index in [0.29, 0.717) is 22.9 Å². The zero-order valence-corrected chi connectivity index (χ0v) is 14.7. The fraction of sp³-hybridized carbons (Fsp3) is 0.294. The molecule has 0 saturated carbocycles. The molecule has 0 unspecified atom stereocenters. The largest absolute Gasteiger partial charge is 0.453 e. The van der Waals surface area contributed by atoms with Gasteiger partial charge in [-0.2, -0.15) is 0 Å². The second kappa shape index (κ2) is 9.21. The predicted molar refractivity (Wildman–Crippen MR) is 98.8 cm³/mol. The van der Waals surface area contributed by atoms with Crippen LogP contribution in [-0.4, -0.2) is 29.2 Å². The maximum Gasteiger partial charge on any atom is 0.411 e. The molecule has 26 heavy (non-hydrogen) atoms. The van der Waals surface area contributed by atoms with Crippen LogP contribution in [0.4, 0.5) is 26.8 Å². The number of hydrogen-bond acceptors (Lipinski definition) is 6. The van der Waals surface area contributed by atoms with E-state index in [1.165, 1.54) is 7.11 Å². The zero-order chi connectivity index (χ0) is 18.9. The fourth-order valence-corrected chi connectivity index (χ4v) is 2.13. The summed E-state index contributed by atoms with van der Waals surface area (Å²) in [7, 11) is 1.28. The van der Waals surface area contributed by atoms with Crippen molar-refractivity contribution in [2.75, 3.05) is 23.5 Å². The molecule has 9 heteroatoms. The summed E-state index contributed by atoms with van der Waals surface area (Å²) < 4.78 is 4.51. The van der Waals surface area contributed by atoms with Gasteiger partial charge >= 0.3 is 12.1 Å². The monoisotopic (exact) mass is 358 g/mol. The minimum absolute atomic E-state index is 0.171. The Balaban J connectivity index is 1.89. The van der Waals surface area contributed by atoms with Crippen molar-refractivity contribution in [2.24, 2.45) is 0 Å². The molecule has 9 nitrogen and oxygen atoms in total. The first-order chi connectivity index (χ1) is 12.5. The molecule has 0 aliphatic rings. The fourth-order valence-electron chi connectivity index (χ4n) is 2.13. The maximum absolute atomic E-state index is 12.0. The number of nitrogens with two attached hydrogens (primary N) is 1. The van der Waals surface area contributed by atoms with Crippen LogP contribution in [0.5, 0.6) is 0 Å². The molecular formula is C17H22N6O3. The number of amides is 3. The SMILES string of the molecule is CCCc1cnc(N)c(CNC(=O)Nc2ccc(NC(=O)OC)cc2)n1. The topological polar surface area (TPSA) is 131 Å². The highest BCUT2D eigenvalue weighted by molar-refractivity contribution is 5.90. The summed E-state index contributed by atoms with van der Waals surface area (Å²) in [6, 6.07) is 6.19. The van der Waals surface area contributed by atoms with Gasteiger partial charge in [-0.25, -0.2) is 14.6 Å². The van der Waals surface area contributed by atoms with E-state index in [1.54, 1.807) is 30.5 Å². The van der Waals surface area contributed by atoms with Gasteiger partial charge in [0, 0.05) is 11.4 Å². The lowest BCUT2D eigenvalue weighted by molar-refractivity contribution is 0.187. The van der Waals surface area contributed by atoms with Crippen LogP contribution in [0.25, 0.3) is 0 Å². The van der Waals surface area contributed by atoms with Crippen LogP contribution in [0.2, 0.25) is 0 Å². The van der Waals surface area contributed by atoms with E-state index in [0.717, 1.165) is 18.5 Å². The number of benzene rings is 1. The summed E-state index contributed by atoms with van der Waals surface area (Å²) >= 11 is 0. The van der Waals surface area contributed by atoms with Crippen LogP contribution in [0.15, 0.2) is 30.5 Å². The van der Waals surface area contributed by atoms with Crippen molar-refractivity contribution < 1.29 is 14.3 Å². The Labute approximate surface area is 151 Å². The lowest BCUT2D eigenvalue weighted by atomic mass is 10.2. The molecule has 5 N–H and O–H groups in total. The molecule has 2 aromatic rings. The number of nitrogens with zero attached hydrogens (tertiary/aromatic N) is 2. The third kappa shape index (κ3) is 5.62. The minimum Gasteiger partial charge on any atom is -0.453 e. The van der Waals surface area contributed by atoms with Crippen molar-refractivity contribution in [3.63, 3.8) is 0 Å². The van der Waals surface area contributed by atoms with E-state index in [4.69, 9.17) is 5.73 Å². The number of nitrogens with one attached hydrogen (secondary N) is 3. The van der Waals surface area contributed by atoms with Gasteiger partial charge in [-0.1, -0.05) is 13.3 Å². The van der Waals surface area contributed by atoms with Crippen LogP contribution in [0, 0.1) is 0 Å². The summed E-state index contributed by atoms with van der Waals surface area (Å²) in [5, 5.41) is 7.90. The molecule has 0 aliphatic carbocycles. The van der Waals surface area contributed by atoms with Crippen molar-refractivity contribution in [3.05, 3.63) is 41.9 Å². The highest BCUT2D eigenvalue weighted by atomic mass is 16.5. The molecule has 3 amide bonds. The van der Waals surface area contributed by atoms with Crippen molar-refractivity contribution >= 4 is 29.3 Å². The van der Waals surface area contributed by atoms with Gasteiger partial charge in [0.1, 0.15) is 11.5 Å². The van der Waals surface area contributed by atoms with E-state index in [1.807, 2.05) is 0 Å². The highest BCUT2D eigenvalue weighted by Gasteiger charge is 2.08. The average molecular weight is 358 g/mol. The smallest absolute Gasteiger partial charge is 0.411 e. The van der Waals surface area contributed by atoms with Crippen LogP contribution in [0.1, 0.15) is 24.7 Å². The molecule has 1 aromatic heterocycles. The number of urea groups is 1. The Kier molecular flexibility index (Phi) is 6.72. The van der Waals surface area contributed by atoms with Crippen LogP contribution in [0.3, 0.4) is 0 Å². The van der Waals surface area contributed by atoms with E-state index < -0.39 is 12.1 Å². The molecular weight excluding hydrogens is 336 g/mol. The number of aryl methyl sites for hydroxylation is 1. The third-order valence-corrected chi connectivity index (χ3v) is 3.42. The molecule has 0 bridgehead atoms. The van der Waals surface area contributed by atoms with Gasteiger partial charge in [-0.3, -0.25) is 10.3 Å². The molecule has 1 aromatic carbocycles. The van der Waals surface area contributed by atoms with Crippen molar-refractivity contribution in [1.29, 1.82) is 0 Å². The first kappa shape index (κ1) is 19.0. The molecule has 0 fully saturated rings. The van der Waals surface area contributed by atoms with E-state index >= 15 is 0 Å². The van der Waals surface area contributed by atoms with Gasteiger partial charge in [0.25, 0.3) is 0 Å². The quantitative estimate of drug-likeness (QED) is 0.627. The highest BCUT2D eigenvalue weighted by Crippen LogP contribution is 2.14. The number of aromatic nitrogens is 2. The minimum atomic E-state index is -0.563. The van der Waals surface area contributed by atoms with Gasteiger partial charge in [-0.05, 0) is 30.7 Å². The molecule has 0 radical (unpaired) electrons. The molecule has 0 atom stereocenters. The van der Waals surface area contributed by atoms with Crippen molar-refractivity contribution in [1.82, 2.24) is 15.3 Å². The standard InChI is InChI=1S/C17H22N6O3/c1-3-4-13-9-19-15(18)14(21-13)10-20-16(24)22-11-5-7-12(8-6-11)23-17(25)26-2/h5-9H,3-4,10H2,1-2H3,(H2,18,19)(H,23,25)(H2,20,22,24). The molecule has 138 valence electrons. The summed E-state index contributed by atoms with van der Waals surface area (Å²) in [6.45, 7) is 2.22. The lowest BCUT2D eigenvalue weighted by Crippen LogP contribution is -2.29. The third-order valence-electron chi connectivity index (χ3n) is 3.42. The predicted octanol–water partition coefficient (Wildman–Crippen LogP) is 2.51. The van der Waals surface area contributed by atoms with Gasteiger partial charge in [0.05, 0.1) is 25.5 Å². The number of ether oxygens (including phenoxy) is 1. The Bertz CT molecular complexity index is 764. The number of rotatable bonds is 6. The maximum atomic E-state index is 12.0. The summed E-state index contributed by atoms with van der Waals surface area (Å²) in [4.78, 5) is 31.6. The van der Waals surface area contributed by atoms with Crippen LogP contribution in [-0.2, 0) is 17.7 Å². The van der Waals surface area contributed by atoms with Crippen LogP contribution >= 0.6 is 0 Å². The number of carbonyl (C=O) groups excluding carboxylic acids is 2. The first-order valence-corrected chi connectivity index (χ1v) is 8.12. The Hall–Kier alpha value is -3.36. The summed E-state index contributed by atoms with van der Waals surface area (Å²) in [5.41, 5.74) is 8.29. The number of carbonyl (C=O) groups is 2. The molecule has 0 aliphatic heterocycles. The zero-order valence-electron chi connectivity index (χ0n) is 14.7. The molecule has 0 spiro atoms. The lowest BCUT2D eigenvalue weighted by Gasteiger charge is -2.10.